The van der Waals surface area contributed by atoms with Crippen molar-refractivity contribution in [3.05, 3.63) is 47.5 Å². The van der Waals surface area contributed by atoms with Gasteiger partial charge in [-0.25, -0.2) is 0 Å². The molecule has 8 heteroatoms. The van der Waals surface area contributed by atoms with Crippen LogP contribution >= 0.6 is 0 Å². The highest BCUT2D eigenvalue weighted by molar-refractivity contribution is 5.95. The van der Waals surface area contributed by atoms with E-state index in [0.29, 0.717) is 24.0 Å². The van der Waals surface area contributed by atoms with Crippen molar-refractivity contribution >= 4 is 5.91 Å². The maximum atomic E-state index is 12.6. The highest BCUT2D eigenvalue weighted by Crippen LogP contribution is 2.32. The molecule has 30 heavy (non-hydrogen) atoms. The number of nitrogens with one attached hydrogen (secondary N) is 1. The van der Waals surface area contributed by atoms with E-state index in [1.54, 1.807) is 19.2 Å². The molecule has 2 aromatic rings. The molecule has 1 atom stereocenters. The first-order valence-electron chi connectivity index (χ1n) is 9.49. The number of methoxy groups -OCH3 is 2. The van der Waals surface area contributed by atoms with Crippen LogP contribution in [-0.2, 0) is 0 Å². The Bertz CT molecular complexity index is 857. The van der Waals surface area contributed by atoms with Gasteiger partial charge in [-0.15, -0.1) is 0 Å². The third-order valence-electron chi connectivity index (χ3n) is 4.25. The van der Waals surface area contributed by atoms with Gasteiger partial charge in [-0.2, -0.15) is 8.78 Å². The predicted octanol–water partition coefficient (Wildman–Crippen LogP) is 4.83. The Morgan fingerprint density at radius 2 is 1.57 bits per heavy atom. The van der Waals surface area contributed by atoms with Gasteiger partial charge in [-0.1, -0.05) is 19.9 Å². The summed E-state index contributed by atoms with van der Waals surface area (Å²) in [6.07, 6.45) is 0. The van der Waals surface area contributed by atoms with Crippen molar-refractivity contribution in [1.82, 2.24) is 5.32 Å². The second-order valence-electron chi connectivity index (χ2n) is 7.05. The summed E-state index contributed by atoms with van der Waals surface area (Å²) >= 11 is 0. The number of alkyl halides is 2. The van der Waals surface area contributed by atoms with Crippen LogP contribution in [0, 0.1) is 5.92 Å². The quantitative estimate of drug-likeness (QED) is 0.593. The highest BCUT2D eigenvalue weighted by Gasteiger charge is 2.17. The molecule has 0 aliphatic heterocycles. The Labute approximate surface area is 175 Å². The van der Waals surface area contributed by atoms with Crippen LogP contribution in [0.3, 0.4) is 0 Å². The maximum absolute atomic E-state index is 12.6. The minimum absolute atomic E-state index is 0.0453. The van der Waals surface area contributed by atoms with E-state index in [1.165, 1.54) is 25.3 Å². The SMILES string of the molecule is COc1cc(C(C)NC(=O)c2ccc(OC(F)F)c(OC)c2)ccc1OCC(C)C. The standard InChI is InChI=1S/C22H27F2NO5/c1-13(2)12-29-17-8-6-15(10-19(17)27-4)14(3)25-21(26)16-7-9-18(30-22(23)24)20(11-16)28-5/h6-11,13-14,22H,12H2,1-5H3,(H,25,26). The van der Waals surface area contributed by atoms with E-state index >= 15 is 0 Å². The van der Waals surface area contributed by atoms with Gasteiger partial charge in [0, 0.05) is 5.56 Å². The number of halogens is 2. The Kier molecular flexibility index (Phi) is 8.26. The molecule has 0 saturated carbocycles. The Hall–Kier alpha value is -3.03. The lowest BCUT2D eigenvalue weighted by Gasteiger charge is -2.18. The monoisotopic (exact) mass is 423 g/mol. The van der Waals surface area contributed by atoms with Crippen molar-refractivity contribution in [2.45, 2.75) is 33.4 Å². The van der Waals surface area contributed by atoms with Crippen LogP contribution < -0.4 is 24.3 Å². The molecule has 0 spiro atoms. The fraction of sp³-hybridized carbons (Fsp3) is 0.409. The van der Waals surface area contributed by atoms with E-state index in [4.69, 9.17) is 14.2 Å². The predicted molar refractivity (Wildman–Crippen MR) is 109 cm³/mol. The summed E-state index contributed by atoms with van der Waals surface area (Å²) in [6, 6.07) is 9.14. The molecule has 2 aromatic carbocycles. The summed E-state index contributed by atoms with van der Waals surface area (Å²) in [7, 11) is 2.87. The Morgan fingerprint density at radius 3 is 2.17 bits per heavy atom. The first-order valence-corrected chi connectivity index (χ1v) is 9.49. The first-order chi connectivity index (χ1) is 14.2. The van der Waals surface area contributed by atoms with Crippen molar-refractivity contribution in [3.8, 4) is 23.0 Å². The summed E-state index contributed by atoms with van der Waals surface area (Å²) in [5.74, 6) is 1.10. The van der Waals surface area contributed by atoms with Gasteiger partial charge >= 0.3 is 6.61 Å². The average Bonchev–Trinajstić information content (AvgIpc) is 2.71. The van der Waals surface area contributed by atoms with Crippen LogP contribution in [0.2, 0.25) is 0 Å². The van der Waals surface area contributed by atoms with Gasteiger partial charge in [0.05, 0.1) is 26.9 Å². The normalized spacial score (nSPS) is 11.9. The van der Waals surface area contributed by atoms with Crippen LogP contribution in [0.5, 0.6) is 23.0 Å². The zero-order chi connectivity index (χ0) is 22.3. The number of hydrogen-bond acceptors (Lipinski definition) is 5. The lowest BCUT2D eigenvalue weighted by atomic mass is 10.1. The second-order valence-corrected chi connectivity index (χ2v) is 7.05. The zero-order valence-corrected chi connectivity index (χ0v) is 17.7. The molecule has 1 amide bonds. The molecule has 6 nitrogen and oxygen atoms in total. The molecule has 0 aliphatic carbocycles. The van der Waals surface area contributed by atoms with Gasteiger partial charge in [0.15, 0.2) is 23.0 Å². The summed E-state index contributed by atoms with van der Waals surface area (Å²) in [4.78, 5) is 12.6. The largest absolute Gasteiger partial charge is 0.493 e. The summed E-state index contributed by atoms with van der Waals surface area (Å²) in [6.45, 7) is 3.52. The lowest BCUT2D eigenvalue weighted by Crippen LogP contribution is -2.26. The van der Waals surface area contributed by atoms with Gasteiger partial charge in [0.25, 0.3) is 5.91 Å². The van der Waals surface area contributed by atoms with E-state index in [2.05, 4.69) is 23.9 Å². The second kappa shape index (κ2) is 10.7. The van der Waals surface area contributed by atoms with Gasteiger partial charge in [0.1, 0.15) is 0 Å². The van der Waals surface area contributed by atoms with Crippen LogP contribution in [0.1, 0.15) is 42.7 Å². The maximum Gasteiger partial charge on any atom is 0.387 e. The molecule has 0 radical (unpaired) electrons. The zero-order valence-electron chi connectivity index (χ0n) is 17.7. The van der Waals surface area contributed by atoms with Gasteiger partial charge in [0.2, 0.25) is 0 Å². The number of amides is 1. The summed E-state index contributed by atoms with van der Waals surface area (Å²) < 4.78 is 45.5. The molecule has 0 fully saturated rings. The van der Waals surface area contributed by atoms with Crippen molar-refractivity contribution in [2.75, 3.05) is 20.8 Å². The fourth-order valence-corrected chi connectivity index (χ4v) is 2.69. The third kappa shape index (κ3) is 6.23. The molecular formula is C22H27F2NO5. The van der Waals surface area contributed by atoms with Gasteiger partial charge in [-0.3, -0.25) is 4.79 Å². The molecule has 0 heterocycles. The van der Waals surface area contributed by atoms with Crippen LogP contribution in [-0.4, -0.2) is 33.3 Å². The smallest absolute Gasteiger partial charge is 0.387 e. The van der Waals surface area contributed by atoms with Crippen molar-refractivity contribution in [2.24, 2.45) is 5.92 Å². The number of hydrogen-bond donors (Lipinski definition) is 1. The van der Waals surface area contributed by atoms with Crippen molar-refractivity contribution < 1.29 is 32.5 Å². The number of ether oxygens (including phenoxy) is 4. The Balaban J connectivity index is 2.13. The molecule has 2 rings (SSSR count). The molecule has 0 aliphatic rings. The number of carbonyl (C=O) groups excluding carboxylic acids is 1. The lowest BCUT2D eigenvalue weighted by molar-refractivity contribution is -0.0512. The highest BCUT2D eigenvalue weighted by atomic mass is 19.3. The van der Waals surface area contributed by atoms with Crippen molar-refractivity contribution in [1.29, 1.82) is 0 Å². The third-order valence-corrected chi connectivity index (χ3v) is 4.25. The molecule has 1 N–H and O–H groups in total. The van der Waals surface area contributed by atoms with Gasteiger partial charge < -0.3 is 24.3 Å². The van der Waals surface area contributed by atoms with E-state index in [-0.39, 0.29) is 29.0 Å². The van der Waals surface area contributed by atoms with Crippen LogP contribution in [0.15, 0.2) is 36.4 Å². The topological polar surface area (TPSA) is 66.0 Å². The van der Waals surface area contributed by atoms with E-state index in [9.17, 15) is 13.6 Å². The minimum Gasteiger partial charge on any atom is -0.493 e. The number of carbonyl (C=O) groups is 1. The molecule has 0 bridgehead atoms. The molecule has 164 valence electrons. The molecule has 1 unspecified atom stereocenters. The molecular weight excluding hydrogens is 396 g/mol. The minimum atomic E-state index is -2.99. The Morgan fingerprint density at radius 1 is 0.933 bits per heavy atom. The summed E-state index contributed by atoms with van der Waals surface area (Å²) in [5, 5.41) is 2.87. The van der Waals surface area contributed by atoms with E-state index in [0.717, 1.165) is 5.56 Å². The first kappa shape index (κ1) is 23.3. The number of benzene rings is 2. The van der Waals surface area contributed by atoms with E-state index in [1.807, 2.05) is 13.0 Å². The van der Waals surface area contributed by atoms with Crippen LogP contribution in [0.25, 0.3) is 0 Å². The molecule has 0 saturated heterocycles. The van der Waals surface area contributed by atoms with Crippen molar-refractivity contribution in [3.63, 3.8) is 0 Å². The molecule has 0 aromatic heterocycles. The van der Waals surface area contributed by atoms with Gasteiger partial charge in [-0.05, 0) is 48.7 Å². The number of rotatable bonds is 10. The average molecular weight is 423 g/mol. The fourth-order valence-electron chi connectivity index (χ4n) is 2.69. The van der Waals surface area contributed by atoms with Crippen LogP contribution in [0.4, 0.5) is 8.78 Å². The van der Waals surface area contributed by atoms with E-state index < -0.39 is 6.61 Å². The summed E-state index contributed by atoms with van der Waals surface area (Å²) in [5.41, 5.74) is 1.07.